The maximum atomic E-state index is 5.47. The second-order valence-corrected chi connectivity index (χ2v) is 3.89. The third kappa shape index (κ3) is 2.62. The Kier molecular flexibility index (Phi) is 3.97. The van der Waals surface area contributed by atoms with Gasteiger partial charge in [-0.1, -0.05) is 18.2 Å². The maximum Gasteiger partial charge on any atom is 0.134 e. The molecule has 3 nitrogen and oxygen atoms in total. The van der Waals surface area contributed by atoms with Gasteiger partial charge in [0, 0.05) is 17.5 Å². The van der Waals surface area contributed by atoms with Gasteiger partial charge in [0.25, 0.3) is 0 Å². The Bertz CT molecular complexity index is 436. The van der Waals surface area contributed by atoms with Crippen LogP contribution in [0, 0.1) is 0 Å². The van der Waals surface area contributed by atoms with Gasteiger partial charge in [-0.15, -0.1) is 0 Å². The number of hydrogen-bond acceptors (Lipinski definition) is 3. The van der Waals surface area contributed by atoms with E-state index in [9.17, 15) is 0 Å². The Morgan fingerprint density at radius 2 is 2.06 bits per heavy atom. The van der Waals surface area contributed by atoms with Gasteiger partial charge in [0.2, 0.25) is 0 Å². The molecule has 0 saturated heterocycles. The molecule has 0 spiro atoms. The van der Waals surface area contributed by atoms with Crippen molar-refractivity contribution in [3.63, 3.8) is 0 Å². The smallest absolute Gasteiger partial charge is 0.134 e. The molecule has 0 aliphatic carbocycles. The van der Waals surface area contributed by atoms with E-state index in [-0.39, 0.29) is 0 Å². The van der Waals surface area contributed by atoms with Gasteiger partial charge in [-0.05, 0) is 32.6 Å². The predicted molar refractivity (Wildman–Crippen MR) is 66.5 cm³/mol. The van der Waals surface area contributed by atoms with Gasteiger partial charge in [-0.3, -0.25) is 0 Å². The number of furan rings is 1. The van der Waals surface area contributed by atoms with Gasteiger partial charge >= 0.3 is 0 Å². The third-order valence-corrected chi connectivity index (χ3v) is 2.66. The predicted octanol–water partition coefficient (Wildman–Crippen LogP) is 2.13. The number of fused-ring (bicyclic) bond motifs is 1. The Morgan fingerprint density at radius 1 is 1.19 bits per heavy atom. The first-order chi connectivity index (χ1) is 7.92. The average Bonchev–Trinajstić information content (AvgIpc) is 2.73. The molecule has 2 aromatic rings. The molecule has 0 bridgehead atoms. The lowest BCUT2D eigenvalue weighted by molar-refractivity contribution is 0.594. The van der Waals surface area contributed by atoms with E-state index in [1.807, 2.05) is 31.5 Å². The molecule has 1 aromatic heterocycles. The first kappa shape index (κ1) is 11.2. The molecule has 0 aliphatic rings. The van der Waals surface area contributed by atoms with Gasteiger partial charge in [0.1, 0.15) is 5.58 Å². The summed E-state index contributed by atoms with van der Waals surface area (Å²) in [7, 11) is 1.98. The van der Waals surface area contributed by atoms with Gasteiger partial charge in [-0.2, -0.15) is 0 Å². The van der Waals surface area contributed by atoms with Gasteiger partial charge < -0.3 is 15.1 Å². The SMILES string of the molecule is CNCCCNCc1coc2ccccc12. The van der Waals surface area contributed by atoms with Crippen molar-refractivity contribution in [1.82, 2.24) is 10.6 Å². The van der Waals surface area contributed by atoms with Crippen LogP contribution in [0.15, 0.2) is 34.9 Å². The van der Waals surface area contributed by atoms with Crippen molar-refractivity contribution in [3.05, 3.63) is 36.1 Å². The summed E-state index contributed by atoms with van der Waals surface area (Å²) < 4.78 is 5.47. The molecule has 1 aromatic carbocycles. The Hall–Kier alpha value is -1.32. The van der Waals surface area contributed by atoms with Crippen LogP contribution in [0.3, 0.4) is 0 Å². The highest BCUT2D eigenvalue weighted by atomic mass is 16.3. The second kappa shape index (κ2) is 5.68. The summed E-state index contributed by atoms with van der Waals surface area (Å²) >= 11 is 0. The fourth-order valence-corrected chi connectivity index (χ4v) is 1.78. The largest absolute Gasteiger partial charge is 0.464 e. The molecule has 0 fully saturated rings. The molecule has 0 saturated carbocycles. The van der Waals surface area contributed by atoms with Gasteiger partial charge in [0.15, 0.2) is 0 Å². The minimum atomic E-state index is 0.876. The van der Waals surface area contributed by atoms with E-state index in [1.54, 1.807) is 0 Å². The van der Waals surface area contributed by atoms with Crippen LogP contribution in [0.2, 0.25) is 0 Å². The molecular formula is C13H18N2O. The van der Waals surface area contributed by atoms with Crippen LogP contribution in [0.5, 0.6) is 0 Å². The Labute approximate surface area is 95.8 Å². The van der Waals surface area contributed by atoms with E-state index in [0.29, 0.717) is 0 Å². The number of para-hydroxylation sites is 1. The fraction of sp³-hybridized carbons (Fsp3) is 0.385. The molecule has 0 radical (unpaired) electrons. The standard InChI is InChI=1S/C13H18N2O/c1-14-7-4-8-15-9-11-10-16-13-6-3-2-5-12(11)13/h2-3,5-6,10,14-15H,4,7-9H2,1H3. The molecule has 0 amide bonds. The highest BCUT2D eigenvalue weighted by molar-refractivity contribution is 5.80. The molecule has 0 unspecified atom stereocenters. The number of hydrogen-bond donors (Lipinski definition) is 2. The zero-order chi connectivity index (χ0) is 11.2. The topological polar surface area (TPSA) is 37.2 Å². The molecular weight excluding hydrogens is 200 g/mol. The van der Waals surface area contributed by atoms with Crippen LogP contribution in [0.1, 0.15) is 12.0 Å². The third-order valence-electron chi connectivity index (χ3n) is 2.66. The van der Waals surface area contributed by atoms with Gasteiger partial charge in [0.05, 0.1) is 6.26 Å². The number of rotatable bonds is 6. The van der Waals surface area contributed by atoms with Crippen molar-refractivity contribution >= 4 is 11.0 Å². The lowest BCUT2D eigenvalue weighted by Crippen LogP contribution is -2.19. The van der Waals surface area contributed by atoms with Crippen molar-refractivity contribution < 1.29 is 4.42 Å². The highest BCUT2D eigenvalue weighted by Gasteiger charge is 2.03. The molecule has 1 heterocycles. The van der Waals surface area contributed by atoms with E-state index in [2.05, 4.69) is 16.7 Å². The van der Waals surface area contributed by atoms with Crippen molar-refractivity contribution in [2.75, 3.05) is 20.1 Å². The minimum absolute atomic E-state index is 0.876. The second-order valence-electron chi connectivity index (χ2n) is 3.89. The lowest BCUT2D eigenvalue weighted by atomic mass is 10.2. The van der Waals surface area contributed by atoms with E-state index >= 15 is 0 Å². The average molecular weight is 218 g/mol. The Balaban J connectivity index is 1.89. The van der Waals surface area contributed by atoms with E-state index < -0.39 is 0 Å². The molecule has 2 rings (SSSR count). The summed E-state index contributed by atoms with van der Waals surface area (Å²) in [5, 5.41) is 7.76. The van der Waals surface area contributed by atoms with Gasteiger partial charge in [-0.25, -0.2) is 0 Å². The normalized spacial score (nSPS) is 11.1. The van der Waals surface area contributed by atoms with Crippen molar-refractivity contribution in [3.8, 4) is 0 Å². The molecule has 0 atom stereocenters. The summed E-state index contributed by atoms with van der Waals surface area (Å²) in [6.45, 7) is 2.96. The summed E-state index contributed by atoms with van der Waals surface area (Å²) in [4.78, 5) is 0. The van der Waals surface area contributed by atoms with Crippen LogP contribution < -0.4 is 10.6 Å². The maximum absolute atomic E-state index is 5.47. The zero-order valence-corrected chi connectivity index (χ0v) is 9.62. The van der Waals surface area contributed by atoms with E-state index in [1.165, 1.54) is 10.9 Å². The van der Waals surface area contributed by atoms with E-state index in [0.717, 1.165) is 31.6 Å². The summed E-state index contributed by atoms with van der Waals surface area (Å²) in [5.74, 6) is 0. The fourth-order valence-electron chi connectivity index (χ4n) is 1.78. The summed E-state index contributed by atoms with van der Waals surface area (Å²) in [5.41, 5.74) is 2.20. The number of benzene rings is 1. The van der Waals surface area contributed by atoms with Crippen LogP contribution in [-0.4, -0.2) is 20.1 Å². The van der Waals surface area contributed by atoms with Crippen molar-refractivity contribution in [2.45, 2.75) is 13.0 Å². The summed E-state index contributed by atoms with van der Waals surface area (Å²) in [6.07, 6.45) is 2.99. The van der Waals surface area contributed by atoms with Crippen LogP contribution in [0.4, 0.5) is 0 Å². The highest BCUT2D eigenvalue weighted by Crippen LogP contribution is 2.20. The van der Waals surface area contributed by atoms with Crippen LogP contribution >= 0.6 is 0 Å². The van der Waals surface area contributed by atoms with Crippen LogP contribution in [-0.2, 0) is 6.54 Å². The number of nitrogens with one attached hydrogen (secondary N) is 2. The molecule has 86 valence electrons. The van der Waals surface area contributed by atoms with Crippen molar-refractivity contribution in [1.29, 1.82) is 0 Å². The molecule has 0 aliphatic heterocycles. The first-order valence-corrected chi connectivity index (χ1v) is 5.72. The zero-order valence-electron chi connectivity index (χ0n) is 9.62. The van der Waals surface area contributed by atoms with E-state index in [4.69, 9.17) is 4.42 Å². The molecule has 16 heavy (non-hydrogen) atoms. The molecule has 3 heteroatoms. The van der Waals surface area contributed by atoms with Crippen molar-refractivity contribution in [2.24, 2.45) is 0 Å². The monoisotopic (exact) mass is 218 g/mol. The summed E-state index contributed by atoms with van der Waals surface area (Å²) in [6, 6.07) is 8.14. The minimum Gasteiger partial charge on any atom is -0.464 e. The first-order valence-electron chi connectivity index (χ1n) is 5.72. The Morgan fingerprint density at radius 3 is 2.94 bits per heavy atom. The quantitative estimate of drug-likeness (QED) is 0.729. The molecule has 2 N–H and O–H groups in total. The lowest BCUT2D eigenvalue weighted by Gasteiger charge is -2.02. The van der Waals surface area contributed by atoms with Crippen LogP contribution in [0.25, 0.3) is 11.0 Å².